The molecule has 4 heteroatoms. The van der Waals surface area contributed by atoms with Gasteiger partial charge < -0.3 is 16.2 Å². The topological polar surface area (TPSA) is 75.3 Å². The molecule has 0 spiro atoms. The van der Waals surface area contributed by atoms with Gasteiger partial charge in [-0.05, 0) is 37.0 Å². The number of hydrogen-bond donors (Lipinski definition) is 3. The van der Waals surface area contributed by atoms with Crippen LogP contribution < -0.4 is 11.1 Å². The van der Waals surface area contributed by atoms with Gasteiger partial charge in [0.1, 0.15) is 0 Å². The maximum absolute atomic E-state index is 11.9. The molecular weight excluding hydrogens is 228 g/mol. The highest BCUT2D eigenvalue weighted by molar-refractivity contribution is 5.82. The molecule has 0 radical (unpaired) electrons. The minimum absolute atomic E-state index is 0.172. The van der Waals surface area contributed by atoms with E-state index in [1.54, 1.807) is 0 Å². The maximum atomic E-state index is 11.9. The Kier molecular flexibility index (Phi) is 4.78. The minimum atomic E-state index is -0.736. The molecular formula is C14H28N2O2. The predicted octanol–water partition coefficient (Wildman–Crippen LogP) is 1.42. The molecule has 4 nitrogen and oxygen atoms in total. The molecule has 18 heavy (non-hydrogen) atoms. The van der Waals surface area contributed by atoms with Crippen LogP contribution in [-0.4, -0.2) is 29.2 Å². The minimum Gasteiger partial charge on any atom is -0.388 e. The van der Waals surface area contributed by atoms with Crippen molar-refractivity contribution < 1.29 is 9.90 Å². The number of aliphatic hydroxyl groups is 1. The first kappa shape index (κ1) is 15.4. The molecule has 0 aromatic heterocycles. The van der Waals surface area contributed by atoms with Gasteiger partial charge in [0, 0.05) is 6.54 Å². The van der Waals surface area contributed by atoms with E-state index in [4.69, 9.17) is 5.73 Å². The Hall–Kier alpha value is -0.610. The van der Waals surface area contributed by atoms with Crippen LogP contribution in [0.3, 0.4) is 0 Å². The molecule has 1 atom stereocenters. The monoisotopic (exact) mass is 256 g/mol. The molecule has 0 saturated heterocycles. The summed E-state index contributed by atoms with van der Waals surface area (Å²) in [6.45, 7) is 8.34. The van der Waals surface area contributed by atoms with E-state index >= 15 is 0 Å². The lowest BCUT2D eigenvalue weighted by Gasteiger charge is -2.35. The molecule has 1 amide bonds. The van der Waals surface area contributed by atoms with Crippen molar-refractivity contribution in [2.24, 2.45) is 17.1 Å². The highest BCUT2D eigenvalue weighted by Crippen LogP contribution is 2.31. The van der Waals surface area contributed by atoms with Gasteiger partial charge in [-0.1, -0.05) is 27.7 Å². The molecule has 0 aliphatic heterocycles. The first-order valence-corrected chi connectivity index (χ1v) is 6.90. The van der Waals surface area contributed by atoms with Crippen molar-refractivity contribution >= 4 is 5.91 Å². The average Bonchev–Trinajstić information content (AvgIpc) is 2.28. The van der Waals surface area contributed by atoms with E-state index in [-0.39, 0.29) is 11.3 Å². The smallest absolute Gasteiger partial charge is 0.237 e. The van der Waals surface area contributed by atoms with Crippen molar-refractivity contribution in [2.45, 2.75) is 65.0 Å². The lowest BCUT2D eigenvalue weighted by Crippen LogP contribution is -2.53. The number of hydrogen-bond acceptors (Lipinski definition) is 3. The van der Waals surface area contributed by atoms with Crippen LogP contribution in [0.1, 0.15) is 53.4 Å². The van der Waals surface area contributed by atoms with E-state index in [0.29, 0.717) is 12.5 Å². The number of carbonyl (C=O) groups excluding carboxylic acids is 1. The third kappa shape index (κ3) is 4.25. The largest absolute Gasteiger partial charge is 0.388 e. The Balaban J connectivity index is 2.43. The average molecular weight is 256 g/mol. The normalized spacial score (nSPS) is 30.9. The van der Waals surface area contributed by atoms with E-state index in [9.17, 15) is 9.90 Å². The highest BCUT2D eigenvalue weighted by Gasteiger charge is 2.34. The van der Waals surface area contributed by atoms with Gasteiger partial charge in [-0.2, -0.15) is 0 Å². The summed E-state index contributed by atoms with van der Waals surface area (Å²) in [5.41, 5.74) is 4.89. The van der Waals surface area contributed by atoms with Crippen LogP contribution in [0.25, 0.3) is 0 Å². The molecule has 1 rings (SSSR count). The standard InChI is InChI=1S/C14H28N2O2/c1-10-5-7-14(18,8-6-10)9-16-12(17)11(15)13(2,3)4/h10-11,18H,5-9,15H2,1-4H3,(H,16,17)/t10?,11-,14?/m1/s1. The van der Waals surface area contributed by atoms with E-state index < -0.39 is 11.6 Å². The van der Waals surface area contributed by atoms with E-state index in [0.717, 1.165) is 25.7 Å². The highest BCUT2D eigenvalue weighted by atomic mass is 16.3. The fourth-order valence-electron chi connectivity index (χ4n) is 2.23. The van der Waals surface area contributed by atoms with Gasteiger partial charge in [-0.3, -0.25) is 4.79 Å². The molecule has 0 aromatic rings. The summed E-state index contributed by atoms with van der Waals surface area (Å²) in [5, 5.41) is 13.2. The summed E-state index contributed by atoms with van der Waals surface area (Å²) >= 11 is 0. The van der Waals surface area contributed by atoms with Crippen molar-refractivity contribution in [2.75, 3.05) is 6.54 Å². The van der Waals surface area contributed by atoms with Crippen LogP contribution in [-0.2, 0) is 4.79 Å². The Morgan fingerprint density at radius 1 is 1.44 bits per heavy atom. The third-order valence-electron chi connectivity index (χ3n) is 4.01. The molecule has 0 heterocycles. The summed E-state index contributed by atoms with van der Waals surface area (Å²) in [6, 6.07) is -0.538. The van der Waals surface area contributed by atoms with Crippen LogP contribution in [0.5, 0.6) is 0 Å². The van der Waals surface area contributed by atoms with Crippen LogP contribution in [0.2, 0.25) is 0 Å². The molecule has 1 aliphatic carbocycles. The van der Waals surface area contributed by atoms with Crippen LogP contribution in [0, 0.1) is 11.3 Å². The van der Waals surface area contributed by atoms with Crippen LogP contribution >= 0.6 is 0 Å². The fourth-order valence-corrected chi connectivity index (χ4v) is 2.23. The zero-order valence-corrected chi connectivity index (χ0v) is 12.1. The van der Waals surface area contributed by atoms with Crippen molar-refractivity contribution in [1.82, 2.24) is 5.32 Å². The second-order valence-electron chi connectivity index (χ2n) is 6.97. The van der Waals surface area contributed by atoms with Gasteiger partial charge in [0.05, 0.1) is 11.6 Å². The first-order chi connectivity index (χ1) is 8.14. The van der Waals surface area contributed by atoms with Crippen LogP contribution in [0.15, 0.2) is 0 Å². The Bertz CT molecular complexity index is 289. The molecule has 1 fully saturated rings. The van der Waals surface area contributed by atoms with Gasteiger partial charge in [0.25, 0.3) is 0 Å². The lowest BCUT2D eigenvalue weighted by atomic mass is 9.79. The number of amides is 1. The summed E-state index contributed by atoms with van der Waals surface area (Å²) in [5.74, 6) is 0.507. The van der Waals surface area contributed by atoms with Crippen molar-refractivity contribution in [1.29, 1.82) is 0 Å². The summed E-state index contributed by atoms with van der Waals surface area (Å²) in [6.07, 6.45) is 3.58. The van der Waals surface area contributed by atoms with Crippen molar-refractivity contribution in [3.63, 3.8) is 0 Å². The zero-order valence-electron chi connectivity index (χ0n) is 12.1. The van der Waals surface area contributed by atoms with Crippen molar-refractivity contribution in [3.8, 4) is 0 Å². The number of rotatable bonds is 3. The summed E-state index contributed by atoms with van der Waals surface area (Å²) in [7, 11) is 0. The number of carbonyl (C=O) groups is 1. The summed E-state index contributed by atoms with van der Waals surface area (Å²) in [4.78, 5) is 11.9. The molecule has 1 aliphatic rings. The Labute approximate surface area is 110 Å². The second kappa shape index (κ2) is 5.57. The third-order valence-corrected chi connectivity index (χ3v) is 4.01. The molecule has 0 bridgehead atoms. The van der Waals surface area contributed by atoms with E-state index in [1.165, 1.54) is 0 Å². The summed E-state index contributed by atoms with van der Waals surface area (Å²) < 4.78 is 0. The lowest BCUT2D eigenvalue weighted by molar-refractivity contribution is -0.126. The zero-order chi connectivity index (χ0) is 14.0. The number of nitrogens with two attached hydrogens (primary N) is 1. The van der Waals surface area contributed by atoms with Crippen molar-refractivity contribution in [3.05, 3.63) is 0 Å². The van der Waals surface area contributed by atoms with Gasteiger partial charge in [-0.15, -0.1) is 0 Å². The SMILES string of the molecule is CC1CCC(O)(CNC(=O)[C@@H](N)C(C)(C)C)CC1. The molecule has 0 aromatic carbocycles. The molecule has 106 valence electrons. The molecule has 1 saturated carbocycles. The molecule has 0 unspecified atom stereocenters. The quantitative estimate of drug-likeness (QED) is 0.715. The van der Waals surface area contributed by atoms with E-state index in [1.807, 2.05) is 20.8 Å². The van der Waals surface area contributed by atoms with Gasteiger partial charge in [-0.25, -0.2) is 0 Å². The maximum Gasteiger partial charge on any atom is 0.237 e. The second-order valence-corrected chi connectivity index (χ2v) is 6.97. The van der Waals surface area contributed by atoms with Gasteiger partial charge >= 0.3 is 0 Å². The molecule has 4 N–H and O–H groups in total. The Morgan fingerprint density at radius 2 is 1.94 bits per heavy atom. The van der Waals surface area contributed by atoms with E-state index in [2.05, 4.69) is 12.2 Å². The predicted molar refractivity (Wildman–Crippen MR) is 73.0 cm³/mol. The van der Waals surface area contributed by atoms with Gasteiger partial charge in [0.2, 0.25) is 5.91 Å². The van der Waals surface area contributed by atoms with Crippen LogP contribution in [0.4, 0.5) is 0 Å². The fraction of sp³-hybridized carbons (Fsp3) is 0.929. The Morgan fingerprint density at radius 3 is 2.39 bits per heavy atom. The first-order valence-electron chi connectivity index (χ1n) is 6.90. The van der Waals surface area contributed by atoms with Gasteiger partial charge in [0.15, 0.2) is 0 Å². The number of nitrogens with one attached hydrogen (secondary N) is 1.